The van der Waals surface area contributed by atoms with E-state index in [4.69, 9.17) is 9.47 Å². The molecule has 1 fully saturated rings. The summed E-state index contributed by atoms with van der Waals surface area (Å²) in [6, 6.07) is 18.8. The van der Waals surface area contributed by atoms with Crippen molar-refractivity contribution in [3.05, 3.63) is 84.4 Å². The van der Waals surface area contributed by atoms with Gasteiger partial charge < -0.3 is 24.3 Å². The highest BCUT2D eigenvalue weighted by Crippen LogP contribution is 2.52. The molecule has 1 aliphatic rings. The van der Waals surface area contributed by atoms with Gasteiger partial charge in [0, 0.05) is 29.2 Å². The second kappa shape index (κ2) is 8.79. The van der Waals surface area contributed by atoms with Crippen molar-refractivity contribution >= 4 is 17.8 Å². The molecular formula is C23H21F2O5P. The number of benzene rings is 3. The number of phenols is 1. The molecule has 0 radical (unpaired) electrons. The normalized spacial score (nSPS) is 21.6. The quantitative estimate of drug-likeness (QED) is 0.587. The van der Waals surface area contributed by atoms with Gasteiger partial charge in [0.15, 0.2) is 30.3 Å². The molecule has 0 bridgehead atoms. The van der Waals surface area contributed by atoms with Crippen molar-refractivity contribution in [3.63, 3.8) is 0 Å². The van der Waals surface area contributed by atoms with Gasteiger partial charge in [0.2, 0.25) is 0 Å². The molecule has 0 amide bonds. The Morgan fingerprint density at radius 2 is 1.48 bits per heavy atom. The van der Waals surface area contributed by atoms with Crippen LogP contribution in [-0.4, -0.2) is 34.9 Å². The molecule has 3 atom stereocenters. The topological polar surface area (TPSA) is 76.0 Å². The van der Waals surface area contributed by atoms with Crippen molar-refractivity contribution in [1.29, 1.82) is 0 Å². The van der Waals surface area contributed by atoms with Crippen LogP contribution in [0.15, 0.2) is 72.8 Å². The lowest BCUT2D eigenvalue weighted by Gasteiger charge is -2.39. The summed E-state index contributed by atoms with van der Waals surface area (Å²) in [4.78, 5) is 0. The molecule has 31 heavy (non-hydrogen) atoms. The van der Waals surface area contributed by atoms with Crippen LogP contribution in [0.25, 0.3) is 0 Å². The third-order valence-electron chi connectivity index (χ3n) is 5.28. The van der Waals surface area contributed by atoms with Gasteiger partial charge in [0.05, 0.1) is 6.61 Å². The SMILES string of the molecule is O=P(c1ccccc1)(c1ccccc1)[C@H]1OCC[C@@H](Oc2cc(F)c(F)cc2O)[C@@H]1O. The summed E-state index contributed by atoms with van der Waals surface area (Å²) in [5, 5.41) is 22.0. The van der Waals surface area contributed by atoms with Gasteiger partial charge in [-0.2, -0.15) is 0 Å². The van der Waals surface area contributed by atoms with E-state index in [1.165, 1.54) is 0 Å². The Labute approximate surface area is 178 Å². The molecule has 2 N–H and O–H groups in total. The summed E-state index contributed by atoms with van der Waals surface area (Å²) < 4.78 is 52.8. The van der Waals surface area contributed by atoms with E-state index in [2.05, 4.69) is 0 Å². The summed E-state index contributed by atoms with van der Waals surface area (Å²) in [7, 11) is -3.48. The number of hydrogen-bond donors (Lipinski definition) is 2. The molecule has 1 aliphatic heterocycles. The largest absolute Gasteiger partial charge is 0.504 e. The second-order valence-electron chi connectivity index (χ2n) is 7.26. The third-order valence-corrected chi connectivity index (χ3v) is 8.58. The Hall–Kier alpha value is -2.73. The van der Waals surface area contributed by atoms with Crippen LogP contribution >= 0.6 is 7.14 Å². The molecule has 1 heterocycles. The highest BCUT2D eigenvalue weighted by atomic mass is 31.2. The summed E-state index contributed by atoms with van der Waals surface area (Å²) in [6.45, 7) is 0.125. The molecule has 5 nitrogen and oxygen atoms in total. The van der Waals surface area contributed by atoms with Crippen molar-refractivity contribution in [2.24, 2.45) is 0 Å². The first kappa shape index (κ1) is 21.5. The van der Waals surface area contributed by atoms with Gasteiger partial charge in [0.25, 0.3) is 0 Å². The summed E-state index contributed by atoms with van der Waals surface area (Å²) >= 11 is 0. The van der Waals surface area contributed by atoms with Crippen LogP contribution in [0.5, 0.6) is 11.5 Å². The first-order valence-electron chi connectivity index (χ1n) is 9.76. The Kier molecular flexibility index (Phi) is 6.10. The van der Waals surface area contributed by atoms with E-state index in [0.29, 0.717) is 16.7 Å². The van der Waals surface area contributed by atoms with Crippen LogP contribution in [-0.2, 0) is 9.30 Å². The molecule has 0 saturated carbocycles. The number of aliphatic hydroxyl groups excluding tert-OH is 1. The second-order valence-corrected chi connectivity index (χ2v) is 10.1. The van der Waals surface area contributed by atoms with Crippen molar-refractivity contribution in [1.82, 2.24) is 0 Å². The maximum atomic E-state index is 14.4. The lowest BCUT2D eigenvalue weighted by Crippen LogP contribution is -2.49. The minimum Gasteiger partial charge on any atom is -0.504 e. The van der Waals surface area contributed by atoms with Crippen LogP contribution in [0, 0.1) is 11.6 Å². The number of rotatable bonds is 5. The number of halogens is 2. The van der Waals surface area contributed by atoms with Crippen molar-refractivity contribution < 1.29 is 33.0 Å². The van der Waals surface area contributed by atoms with E-state index < -0.39 is 42.6 Å². The maximum Gasteiger partial charge on any atom is 0.173 e. The van der Waals surface area contributed by atoms with Crippen molar-refractivity contribution in [3.8, 4) is 11.5 Å². The van der Waals surface area contributed by atoms with E-state index in [9.17, 15) is 23.6 Å². The van der Waals surface area contributed by atoms with E-state index in [1.54, 1.807) is 60.7 Å². The highest BCUT2D eigenvalue weighted by molar-refractivity contribution is 7.79. The zero-order valence-electron chi connectivity index (χ0n) is 16.4. The summed E-state index contributed by atoms with van der Waals surface area (Å²) in [6.07, 6.45) is -2.09. The van der Waals surface area contributed by atoms with Gasteiger partial charge in [-0.05, 0) is 0 Å². The maximum absolute atomic E-state index is 14.4. The molecule has 0 unspecified atom stereocenters. The molecule has 3 aromatic carbocycles. The fraction of sp³-hybridized carbons (Fsp3) is 0.217. The van der Waals surface area contributed by atoms with E-state index in [0.717, 1.165) is 6.07 Å². The minimum absolute atomic E-state index is 0.125. The average molecular weight is 446 g/mol. The number of aromatic hydroxyl groups is 1. The fourth-order valence-corrected chi connectivity index (χ4v) is 6.78. The van der Waals surface area contributed by atoms with Crippen LogP contribution in [0.1, 0.15) is 6.42 Å². The predicted molar refractivity (Wildman–Crippen MR) is 113 cm³/mol. The zero-order chi connectivity index (χ0) is 22.0. The molecule has 1 saturated heterocycles. The highest BCUT2D eigenvalue weighted by Gasteiger charge is 2.47. The fourth-order valence-electron chi connectivity index (χ4n) is 3.72. The average Bonchev–Trinajstić information content (AvgIpc) is 2.79. The van der Waals surface area contributed by atoms with Gasteiger partial charge in [-0.1, -0.05) is 60.7 Å². The molecule has 0 spiro atoms. The van der Waals surface area contributed by atoms with E-state index in [1.807, 2.05) is 0 Å². The molecule has 4 rings (SSSR count). The first-order valence-corrected chi connectivity index (χ1v) is 11.5. The molecule has 0 aromatic heterocycles. The zero-order valence-corrected chi connectivity index (χ0v) is 17.3. The Bertz CT molecular complexity index is 1050. The van der Waals surface area contributed by atoms with Gasteiger partial charge >= 0.3 is 0 Å². The Morgan fingerprint density at radius 3 is 2.06 bits per heavy atom. The summed E-state index contributed by atoms with van der Waals surface area (Å²) in [5.74, 6) is -4.43. The Balaban J connectivity index is 1.70. The first-order chi connectivity index (χ1) is 14.9. The van der Waals surface area contributed by atoms with Gasteiger partial charge in [0.1, 0.15) is 18.1 Å². The van der Waals surface area contributed by atoms with Gasteiger partial charge in [-0.3, -0.25) is 0 Å². The number of phenolic OH excluding ortho intramolecular Hbond substituents is 1. The van der Waals surface area contributed by atoms with E-state index in [-0.39, 0.29) is 18.8 Å². The lowest BCUT2D eigenvalue weighted by molar-refractivity contribution is -0.0945. The Morgan fingerprint density at radius 1 is 0.935 bits per heavy atom. The molecule has 0 aliphatic carbocycles. The molecular weight excluding hydrogens is 425 g/mol. The smallest absolute Gasteiger partial charge is 0.173 e. The standard InChI is InChI=1S/C23H21F2O5P/c24-17-13-19(26)21(14-18(17)25)30-20-11-12-29-23(22(20)27)31(28,15-7-3-1-4-8-15)16-9-5-2-6-10-16/h1-10,13-14,20,22-23,26-27H,11-12H2/t20-,22+,23-/m1/s1. The summed E-state index contributed by atoms with van der Waals surface area (Å²) in [5.41, 5.74) is 0. The lowest BCUT2D eigenvalue weighted by atomic mass is 10.1. The van der Waals surface area contributed by atoms with Crippen molar-refractivity contribution in [2.75, 3.05) is 6.61 Å². The van der Waals surface area contributed by atoms with Crippen LogP contribution in [0.2, 0.25) is 0 Å². The van der Waals surface area contributed by atoms with Crippen LogP contribution in [0.3, 0.4) is 0 Å². The van der Waals surface area contributed by atoms with Crippen molar-refractivity contribution in [2.45, 2.75) is 24.5 Å². The third kappa shape index (κ3) is 4.09. The number of ether oxygens (including phenoxy) is 2. The number of aliphatic hydroxyl groups is 1. The van der Waals surface area contributed by atoms with Crippen LogP contribution < -0.4 is 15.3 Å². The van der Waals surface area contributed by atoms with Gasteiger partial charge in [-0.15, -0.1) is 0 Å². The van der Waals surface area contributed by atoms with Gasteiger partial charge in [-0.25, -0.2) is 8.78 Å². The van der Waals surface area contributed by atoms with E-state index >= 15 is 0 Å². The number of hydrogen-bond acceptors (Lipinski definition) is 5. The predicted octanol–water partition coefficient (Wildman–Crippen LogP) is 3.54. The molecule has 162 valence electrons. The monoisotopic (exact) mass is 446 g/mol. The minimum atomic E-state index is -3.48. The molecule has 3 aromatic rings. The molecule has 8 heteroatoms. The van der Waals surface area contributed by atoms with Crippen LogP contribution in [0.4, 0.5) is 8.78 Å².